The van der Waals surface area contributed by atoms with E-state index in [0.29, 0.717) is 12.5 Å². The number of benzene rings is 1. The summed E-state index contributed by atoms with van der Waals surface area (Å²) in [5.74, 6) is 0.620. The Morgan fingerprint density at radius 1 is 1.00 bits per heavy atom. The second kappa shape index (κ2) is 6.75. The summed E-state index contributed by atoms with van der Waals surface area (Å²) in [6, 6.07) is 12.1. The highest BCUT2D eigenvalue weighted by molar-refractivity contribution is 5.42. The number of hydrogen-bond acceptors (Lipinski definition) is 4. The van der Waals surface area contributed by atoms with Crippen LogP contribution in [0.4, 0.5) is 5.69 Å². The molecule has 0 unspecified atom stereocenters. The monoisotopic (exact) mass is 258 g/mol. The predicted octanol–water partition coefficient (Wildman–Crippen LogP) is 2.85. The lowest BCUT2D eigenvalue weighted by Gasteiger charge is -2.07. The molecular formula is C15H18N2O2. The SMILES string of the molecule is COCc1ccc(CNc2ccc(OC)nc2)cc1. The molecule has 19 heavy (non-hydrogen) atoms. The van der Waals surface area contributed by atoms with Crippen LogP contribution in [0.1, 0.15) is 11.1 Å². The van der Waals surface area contributed by atoms with Crippen LogP contribution >= 0.6 is 0 Å². The van der Waals surface area contributed by atoms with Crippen molar-refractivity contribution in [2.45, 2.75) is 13.2 Å². The molecule has 1 heterocycles. The summed E-state index contributed by atoms with van der Waals surface area (Å²) in [7, 11) is 3.31. The normalized spacial score (nSPS) is 10.2. The highest BCUT2D eigenvalue weighted by Gasteiger charge is 1.97. The molecule has 0 amide bonds. The van der Waals surface area contributed by atoms with Crippen LogP contribution in [-0.4, -0.2) is 19.2 Å². The van der Waals surface area contributed by atoms with E-state index in [0.717, 1.165) is 12.2 Å². The number of nitrogens with zero attached hydrogens (tertiary/aromatic N) is 1. The maximum atomic E-state index is 5.08. The van der Waals surface area contributed by atoms with E-state index in [1.807, 2.05) is 12.1 Å². The number of pyridine rings is 1. The zero-order chi connectivity index (χ0) is 13.5. The molecule has 1 N–H and O–H groups in total. The van der Waals surface area contributed by atoms with Crippen LogP contribution in [0.3, 0.4) is 0 Å². The van der Waals surface area contributed by atoms with Crippen molar-refractivity contribution in [3.63, 3.8) is 0 Å². The summed E-state index contributed by atoms with van der Waals surface area (Å²) in [6.07, 6.45) is 1.76. The molecule has 0 spiro atoms. The van der Waals surface area contributed by atoms with E-state index in [4.69, 9.17) is 9.47 Å². The largest absolute Gasteiger partial charge is 0.481 e. The molecule has 4 heteroatoms. The molecule has 0 aliphatic heterocycles. The third kappa shape index (κ3) is 3.96. The minimum Gasteiger partial charge on any atom is -0.481 e. The van der Waals surface area contributed by atoms with Crippen LogP contribution in [0.25, 0.3) is 0 Å². The van der Waals surface area contributed by atoms with E-state index in [1.54, 1.807) is 20.4 Å². The summed E-state index contributed by atoms with van der Waals surface area (Å²) in [5.41, 5.74) is 3.37. The second-order valence-corrected chi connectivity index (χ2v) is 4.19. The maximum absolute atomic E-state index is 5.08. The highest BCUT2D eigenvalue weighted by atomic mass is 16.5. The Bertz CT molecular complexity index is 495. The van der Waals surface area contributed by atoms with Crippen molar-refractivity contribution >= 4 is 5.69 Å². The average Bonchev–Trinajstić information content (AvgIpc) is 2.47. The van der Waals surface area contributed by atoms with E-state index < -0.39 is 0 Å². The molecule has 0 aliphatic rings. The quantitative estimate of drug-likeness (QED) is 0.865. The van der Waals surface area contributed by atoms with Crippen molar-refractivity contribution in [3.05, 3.63) is 53.7 Å². The number of rotatable bonds is 6. The van der Waals surface area contributed by atoms with Gasteiger partial charge in [0, 0.05) is 19.7 Å². The van der Waals surface area contributed by atoms with Gasteiger partial charge >= 0.3 is 0 Å². The van der Waals surface area contributed by atoms with Crippen LogP contribution in [0.15, 0.2) is 42.6 Å². The van der Waals surface area contributed by atoms with Gasteiger partial charge in [-0.05, 0) is 17.2 Å². The lowest BCUT2D eigenvalue weighted by atomic mass is 10.1. The third-order valence-corrected chi connectivity index (χ3v) is 2.78. The number of methoxy groups -OCH3 is 2. The Labute approximate surface area is 113 Å². The predicted molar refractivity (Wildman–Crippen MR) is 75.3 cm³/mol. The molecule has 0 saturated carbocycles. The first-order valence-electron chi connectivity index (χ1n) is 6.12. The maximum Gasteiger partial charge on any atom is 0.213 e. The van der Waals surface area contributed by atoms with Gasteiger partial charge in [-0.25, -0.2) is 4.98 Å². The number of aromatic nitrogens is 1. The van der Waals surface area contributed by atoms with E-state index in [2.05, 4.69) is 34.6 Å². The number of ether oxygens (including phenoxy) is 2. The van der Waals surface area contributed by atoms with Gasteiger partial charge in [0.15, 0.2) is 0 Å². The van der Waals surface area contributed by atoms with Crippen LogP contribution in [0.2, 0.25) is 0 Å². The van der Waals surface area contributed by atoms with Gasteiger partial charge in [0.05, 0.1) is 25.6 Å². The fourth-order valence-corrected chi connectivity index (χ4v) is 1.73. The van der Waals surface area contributed by atoms with Gasteiger partial charge in [-0.2, -0.15) is 0 Å². The lowest BCUT2D eigenvalue weighted by molar-refractivity contribution is 0.185. The Hall–Kier alpha value is -2.07. The second-order valence-electron chi connectivity index (χ2n) is 4.19. The Morgan fingerprint density at radius 3 is 2.32 bits per heavy atom. The van der Waals surface area contributed by atoms with E-state index >= 15 is 0 Å². The Morgan fingerprint density at radius 2 is 1.74 bits per heavy atom. The molecule has 2 aromatic rings. The summed E-state index contributed by atoms with van der Waals surface area (Å²) < 4.78 is 10.1. The average molecular weight is 258 g/mol. The standard InChI is InChI=1S/C15H18N2O2/c1-18-11-13-5-3-12(4-6-13)9-16-14-7-8-15(19-2)17-10-14/h3-8,10,16H,9,11H2,1-2H3. The Kier molecular flexibility index (Phi) is 4.75. The molecule has 0 saturated heterocycles. The summed E-state index contributed by atoms with van der Waals surface area (Å²) in [5, 5.41) is 3.31. The molecule has 0 radical (unpaired) electrons. The van der Waals surface area contributed by atoms with E-state index in [-0.39, 0.29) is 0 Å². The van der Waals surface area contributed by atoms with Crippen molar-refractivity contribution in [3.8, 4) is 5.88 Å². The summed E-state index contributed by atoms with van der Waals surface area (Å²) >= 11 is 0. The molecule has 2 rings (SSSR count). The van der Waals surface area contributed by atoms with E-state index in [9.17, 15) is 0 Å². The summed E-state index contributed by atoms with van der Waals surface area (Å²) in [4.78, 5) is 4.15. The van der Waals surface area contributed by atoms with Gasteiger partial charge in [-0.15, -0.1) is 0 Å². The van der Waals surface area contributed by atoms with Crippen LogP contribution in [0.5, 0.6) is 5.88 Å². The van der Waals surface area contributed by atoms with Crippen molar-refractivity contribution in [2.24, 2.45) is 0 Å². The van der Waals surface area contributed by atoms with Gasteiger partial charge < -0.3 is 14.8 Å². The first kappa shape index (κ1) is 13.4. The van der Waals surface area contributed by atoms with Crippen molar-refractivity contribution in [2.75, 3.05) is 19.5 Å². The zero-order valence-electron chi connectivity index (χ0n) is 11.2. The third-order valence-electron chi connectivity index (χ3n) is 2.78. The highest BCUT2D eigenvalue weighted by Crippen LogP contribution is 2.13. The molecule has 1 aromatic heterocycles. The van der Waals surface area contributed by atoms with Crippen LogP contribution in [-0.2, 0) is 17.9 Å². The van der Waals surface area contributed by atoms with Crippen molar-refractivity contribution in [1.82, 2.24) is 4.98 Å². The van der Waals surface area contributed by atoms with Gasteiger partial charge in [0.25, 0.3) is 0 Å². The number of anilines is 1. The molecule has 4 nitrogen and oxygen atoms in total. The fourth-order valence-electron chi connectivity index (χ4n) is 1.73. The fraction of sp³-hybridized carbons (Fsp3) is 0.267. The van der Waals surface area contributed by atoms with Gasteiger partial charge in [0.1, 0.15) is 0 Å². The van der Waals surface area contributed by atoms with Crippen molar-refractivity contribution in [1.29, 1.82) is 0 Å². The molecule has 1 aromatic carbocycles. The number of nitrogens with one attached hydrogen (secondary N) is 1. The molecule has 0 fully saturated rings. The zero-order valence-corrected chi connectivity index (χ0v) is 11.2. The molecule has 0 bridgehead atoms. The molecular weight excluding hydrogens is 240 g/mol. The molecule has 100 valence electrons. The topological polar surface area (TPSA) is 43.4 Å². The lowest BCUT2D eigenvalue weighted by Crippen LogP contribution is -2.00. The smallest absolute Gasteiger partial charge is 0.213 e. The van der Waals surface area contributed by atoms with Crippen LogP contribution in [0, 0.1) is 0 Å². The molecule has 0 atom stereocenters. The van der Waals surface area contributed by atoms with E-state index in [1.165, 1.54) is 11.1 Å². The van der Waals surface area contributed by atoms with Gasteiger partial charge in [-0.3, -0.25) is 0 Å². The minimum atomic E-state index is 0.620. The van der Waals surface area contributed by atoms with Crippen LogP contribution < -0.4 is 10.1 Å². The minimum absolute atomic E-state index is 0.620. The van der Waals surface area contributed by atoms with Gasteiger partial charge in [-0.1, -0.05) is 24.3 Å². The first-order valence-corrected chi connectivity index (χ1v) is 6.12. The molecule has 0 aliphatic carbocycles. The Balaban J connectivity index is 1.90. The summed E-state index contributed by atoms with van der Waals surface area (Å²) in [6.45, 7) is 1.41. The van der Waals surface area contributed by atoms with Crippen molar-refractivity contribution < 1.29 is 9.47 Å². The van der Waals surface area contributed by atoms with Gasteiger partial charge in [0.2, 0.25) is 5.88 Å². The first-order chi connectivity index (χ1) is 9.31. The number of hydrogen-bond donors (Lipinski definition) is 1.